The fourth-order valence-electron chi connectivity index (χ4n) is 2.40. The SMILES string of the molecule is CC(Cc1ncc(B2OC(C)(C)C(C)(C)O2)cn1)NC(=O)OC(C)(C)C. The molecular formula is C18H30BN3O4. The van der Waals surface area contributed by atoms with Crippen molar-refractivity contribution in [1.29, 1.82) is 0 Å². The van der Waals surface area contributed by atoms with E-state index in [0.717, 1.165) is 5.46 Å². The fourth-order valence-corrected chi connectivity index (χ4v) is 2.40. The molecular weight excluding hydrogens is 333 g/mol. The molecule has 0 radical (unpaired) electrons. The molecule has 0 bridgehead atoms. The zero-order chi connectivity index (χ0) is 19.8. The molecule has 0 aromatic carbocycles. The van der Waals surface area contributed by atoms with E-state index in [1.165, 1.54) is 0 Å². The van der Waals surface area contributed by atoms with Gasteiger partial charge in [-0.05, 0) is 55.4 Å². The van der Waals surface area contributed by atoms with Gasteiger partial charge in [-0.25, -0.2) is 14.8 Å². The van der Waals surface area contributed by atoms with Gasteiger partial charge < -0.3 is 19.4 Å². The zero-order valence-corrected chi connectivity index (χ0v) is 17.0. The summed E-state index contributed by atoms with van der Waals surface area (Å²) in [5.74, 6) is 0.633. The molecule has 8 heteroatoms. The quantitative estimate of drug-likeness (QED) is 0.826. The van der Waals surface area contributed by atoms with E-state index in [9.17, 15) is 4.79 Å². The summed E-state index contributed by atoms with van der Waals surface area (Å²) in [4.78, 5) is 20.6. The Hall–Kier alpha value is -1.67. The normalized spacial score (nSPS) is 19.9. The van der Waals surface area contributed by atoms with E-state index >= 15 is 0 Å². The van der Waals surface area contributed by atoms with Crippen molar-refractivity contribution >= 4 is 18.7 Å². The lowest BCUT2D eigenvalue weighted by Crippen LogP contribution is -2.41. The highest BCUT2D eigenvalue weighted by atomic mass is 16.7. The van der Waals surface area contributed by atoms with E-state index in [2.05, 4.69) is 15.3 Å². The Balaban J connectivity index is 1.93. The molecule has 1 saturated heterocycles. The van der Waals surface area contributed by atoms with Crippen LogP contribution in [-0.4, -0.2) is 46.0 Å². The van der Waals surface area contributed by atoms with Crippen LogP contribution < -0.4 is 10.8 Å². The maximum atomic E-state index is 11.8. The number of nitrogens with zero attached hydrogens (tertiary/aromatic N) is 2. The second-order valence-electron chi connectivity index (χ2n) is 8.77. The van der Waals surface area contributed by atoms with Crippen LogP contribution in [0, 0.1) is 0 Å². The Morgan fingerprint density at radius 3 is 2.15 bits per heavy atom. The van der Waals surface area contributed by atoms with Crippen molar-refractivity contribution < 1.29 is 18.8 Å². The summed E-state index contributed by atoms with van der Waals surface area (Å²) >= 11 is 0. The predicted molar refractivity (Wildman–Crippen MR) is 100 cm³/mol. The van der Waals surface area contributed by atoms with Gasteiger partial charge in [0, 0.05) is 30.3 Å². The first-order valence-electron chi connectivity index (χ1n) is 8.95. The molecule has 7 nitrogen and oxygen atoms in total. The van der Waals surface area contributed by atoms with Gasteiger partial charge in [-0.2, -0.15) is 0 Å². The van der Waals surface area contributed by atoms with E-state index in [4.69, 9.17) is 14.0 Å². The molecule has 1 aromatic heterocycles. The van der Waals surface area contributed by atoms with Crippen molar-refractivity contribution in [3.8, 4) is 0 Å². The molecule has 2 rings (SSSR count). The first-order valence-corrected chi connectivity index (χ1v) is 8.95. The molecule has 0 saturated carbocycles. The van der Waals surface area contributed by atoms with E-state index < -0.39 is 30.0 Å². The van der Waals surface area contributed by atoms with Crippen LogP contribution in [-0.2, 0) is 20.5 Å². The van der Waals surface area contributed by atoms with Gasteiger partial charge in [-0.1, -0.05) is 0 Å². The van der Waals surface area contributed by atoms with Crippen LogP contribution in [0.15, 0.2) is 12.4 Å². The Kier molecular flexibility index (Phi) is 5.68. The summed E-state index contributed by atoms with van der Waals surface area (Å²) in [7, 11) is -0.480. The molecule has 1 amide bonds. The summed E-state index contributed by atoms with van der Waals surface area (Å²) in [6.07, 6.45) is 3.48. The molecule has 1 N–H and O–H groups in total. The van der Waals surface area contributed by atoms with Crippen molar-refractivity contribution in [3.05, 3.63) is 18.2 Å². The fraction of sp³-hybridized carbons (Fsp3) is 0.722. The van der Waals surface area contributed by atoms with Crippen LogP contribution in [0.4, 0.5) is 4.79 Å². The molecule has 1 unspecified atom stereocenters. The molecule has 26 heavy (non-hydrogen) atoms. The van der Waals surface area contributed by atoms with Gasteiger partial charge in [-0.3, -0.25) is 0 Å². The van der Waals surface area contributed by atoms with Crippen LogP contribution in [0.5, 0.6) is 0 Å². The first-order chi connectivity index (χ1) is 11.8. The number of nitrogens with one attached hydrogen (secondary N) is 1. The summed E-state index contributed by atoms with van der Waals surface area (Å²) in [5.41, 5.74) is -0.546. The summed E-state index contributed by atoms with van der Waals surface area (Å²) in [6.45, 7) is 15.4. The first kappa shape index (κ1) is 20.6. The van der Waals surface area contributed by atoms with Gasteiger partial charge >= 0.3 is 13.2 Å². The number of hydrogen-bond donors (Lipinski definition) is 1. The molecule has 1 fully saturated rings. The second-order valence-corrected chi connectivity index (χ2v) is 8.77. The van der Waals surface area contributed by atoms with Crippen LogP contribution in [0.3, 0.4) is 0 Å². The third kappa shape index (κ3) is 5.17. The Labute approximate surface area is 156 Å². The van der Waals surface area contributed by atoms with Gasteiger partial charge in [0.05, 0.1) is 11.2 Å². The third-order valence-corrected chi connectivity index (χ3v) is 4.50. The Morgan fingerprint density at radius 1 is 1.19 bits per heavy atom. The molecule has 1 atom stereocenters. The van der Waals surface area contributed by atoms with E-state index in [1.54, 1.807) is 12.4 Å². The molecule has 1 aliphatic rings. The molecule has 2 heterocycles. The molecule has 0 aliphatic carbocycles. The minimum Gasteiger partial charge on any atom is -0.444 e. The number of rotatable bonds is 4. The number of carbonyl (C=O) groups excluding carboxylic acids is 1. The largest absolute Gasteiger partial charge is 0.498 e. The van der Waals surface area contributed by atoms with E-state index in [0.29, 0.717) is 12.2 Å². The average molecular weight is 363 g/mol. The van der Waals surface area contributed by atoms with E-state index in [-0.39, 0.29) is 6.04 Å². The molecule has 1 aliphatic heterocycles. The van der Waals surface area contributed by atoms with Crippen LogP contribution in [0.2, 0.25) is 0 Å². The second kappa shape index (κ2) is 7.16. The van der Waals surface area contributed by atoms with Crippen molar-refractivity contribution in [2.45, 2.75) is 84.7 Å². The summed E-state index contributed by atoms with van der Waals surface area (Å²) in [6, 6.07) is -0.146. The molecule has 144 valence electrons. The zero-order valence-electron chi connectivity index (χ0n) is 17.0. The smallest absolute Gasteiger partial charge is 0.444 e. The number of alkyl carbamates (subject to hydrolysis) is 1. The van der Waals surface area contributed by atoms with E-state index in [1.807, 2.05) is 55.4 Å². The number of aromatic nitrogens is 2. The minimum absolute atomic E-state index is 0.146. The van der Waals surface area contributed by atoms with Gasteiger partial charge in [-0.15, -0.1) is 0 Å². The lowest BCUT2D eigenvalue weighted by Gasteiger charge is -2.32. The standard InChI is InChI=1S/C18H30BN3O4/c1-12(22-15(23)24-16(2,3)4)9-14-20-10-13(11-21-14)19-25-17(5,6)18(7,8)26-19/h10-12H,9H2,1-8H3,(H,22,23). The summed E-state index contributed by atoms with van der Waals surface area (Å²) < 4.78 is 17.2. The third-order valence-electron chi connectivity index (χ3n) is 4.50. The maximum Gasteiger partial charge on any atom is 0.498 e. The molecule has 0 spiro atoms. The highest BCUT2D eigenvalue weighted by Crippen LogP contribution is 2.36. The average Bonchev–Trinajstić information content (AvgIpc) is 2.65. The number of hydrogen-bond acceptors (Lipinski definition) is 6. The van der Waals surface area contributed by atoms with Gasteiger partial charge in [0.2, 0.25) is 0 Å². The van der Waals surface area contributed by atoms with Crippen LogP contribution in [0.1, 0.15) is 61.2 Å². The monoisotopic (exact) mass is 363 g/mol. The van der Waals surface area contributed by atoms with Crippen molar-refractivity contribution in [1.82, 2.24) is 15.3 Å². The van der Waals surface area contributed by atoms with Gasteiger partial charge in [0.1, 0.15) is 11.4 Å². The van der Waals surface area contributed by atoms with Crippen molar-refractivity contribution in [2.24, 2.45) is 0 Å². The number of carbonyl (C=O) groups is 1. The number of ether oxygens (including phenoxy) is 1. The lowest BCUT2D eigenvalue weighted by molar-refractivity contribution is 0.00578. The van der Waals surface area contributed by atoms with Crippen molar-refractivity contribution in [3.63, 3.8) is 0 Å². The maximum absolute atomic E-state index is 11.8. The number of amides is 1. The van der Waals surface area contributed by atoms with Gasteiger partial charge in [0.25, 0.3) is 0 Å². The predicted octanol–water partition coefficient (Wildman–Crippen LogP) is 2.23. The van der Waals surface area contributed by atoms with Gasteiger partial charge in [0.15, 0.2) is 0 Å². The summed E-state index contributed by atoms with van der Waals surface area (Å²) in [5, 5.41) is 2.79. The Morgan fingerprint density at radius 2 is 1.69 bits per heavy atom. The van der Waals surface area contributed by atoms with Crippen molar-refractivity contribution in [2.75, 3.05) is 0 Å². The Bertz CT molecular complexity index is 625. The highest BCUT2D eigenvalue weighted by molar-refractivity contribution is 6.61. The topological polar surface area (TPSA) is 82.6 Å². The minimum atomic E-state index is -0.523. The van der Waals surface area contributed by atoms with Crippen LogP contribution >= 0.6 is 0 Å². The highest BCUT2D eigenvalue weighted by Gasteiger charge is 2.51. The van der Waals surface area contributed by atoms with Crippen LogP contribution in [0.25, 0.3) is 0 Å². The molecule has 1 aromatic rings. The lowest BCUT2D eigenvalue weighted by atomic mass is 9.81.